The number of unbranched alkanes of at least 4 members (excludes halogenated alkanes) is 1. The van der Waals surface area contributed by atoms with Crippen LogP contribution in [0.3, 0.4) is 0 Å². The summed E-state index contributed by atoms with van der Waals surface area (Å²) < 4.78 is 0. The number of nitrogens with zero attached hydrogens (tertiary/aromatic N) is 2. The summed E-state index contributed by atoms with van der Waals surface area (Å²) >= 11 is 0. The van der Waals surface area contributed by atoms with Crippen LogP contribution in [0.4, 0.5) is 9.59 Å². The molecule has 6 heteroatoms. The number of urea groups is 2. The molecule has 0 unspecified atom stereocenters. The van der Waals surface area contributed by atoms with Crippen molar-refractivity contribution in [3.8, 4) is 0 Å². The maximum atomic E-state index is 11.7. The number of hydrazone groups is 1. The van der Waals surface area contributed by atoms with E-state index in [4.69, 9.17) is 5.73 Å². The van der Waals surface area contributed by atoms with Crippen LogP contribution in [-0.4, -0.2) is 29.2 Å². The van der Waals surface area contributed by atoms with Crippen LogP contribution in [0.5, 0.6) is 0 Å². The highest BCUT2D eigenvalue weighted by Gasteiger charge is 2.18. The summed E-state index contributed by atoms with van der Waals surface area (Å²) in [4.78, 5) is 23.9. The molecule has 0 radical (unpaired) electrons. The molecule has 1 aliphatic rings. The first-order chi connectivity index (χ1) is 8.65. The second-order valence-corrected chi connectivity index (χ2v) is 4.50. The molecule has 0 heterocycles. The summed E-state index contributed by atoms with van der Waals surface area (Å²) in [5, 5.41) is 4.06. The average molecular weight is 254 g/mol. The first-order valence-corrected chi connectivity index (χ1v) is 6.57. The molecule has 0 spiro atoms. The largest absolute Gasteiger partial charge is 0.351 e. The Bertz CT molecular complexity index is 320. The van der Waals surface area contributed by atoms with Crippen LogP contribution in [0.25, 0.3) is 0 Å². The maximum Gasteiger partial charge on any atom is 0.345 e. The van der Waals surface area contributed by atoms with Gasteiger partial charge in [-0.15, -0.1) is 0 Å². The molecular weight excluding hydrogens is 232 g/mol. The van der Waals surface area contributed by atoms with E-state index >= 15 is 0 Å². The van der Waals surface area contributed by atoms with E-state index in [-0.39, 0.29) is 0 Å². The van der Waals surface area contributed by atoms with Crippen LogP contribution in [0.15, 0.2) is 5.10 Å². The number of primary amides is 1. The molecule has 18 heavy (non-hydrogen) atoms. The highest BCUT2D eigenvalue weighted by Crippen LogP contribution is 2.14. The normalized spacial score (nSPS) is 15.1. The average Bonchev–Trinajstić information content (AvgIpc) is 2.37. The Balaban J connectivity index is 2.47. The van der Waals surface area contributed by atoms with Crippen molar-refractivity contribution in [3.05, 3.63) is 0 Å². The number of carbonyl (C=O) groups is 2. The third-order valence-corrected chi connectivity index (χ3v) is 2.99. The molecule has 1 saturated carbocycles. The molecule has 3 N–H and O–H groups in total. The standard InChI is InChI=1S/C12H22N4O2/c1-2-3-9-16(11(13)17)12(18)15-14-10-7-5-4-6-8-10/h2-9H2,1H3,(H2,13,17)(H,15,18). The smallest absolute Gasteiger partial charge is 0.345 e. The Labute approximate surface area is 108 Å². The van der Waals surface area contributed by atoms with Crippen LogP contribution in [-0.2, 0) is 0 Å². The summed E-state index contributed by atoms with van der Waals surface area (Å²) in [6.07, 6.45) is 6.93. The number of nitrogens with two attached hydrogens (primary N) is 1. The van der Waals surface area contributed by atoms with E-state index in [1.54, 1.807) is 0 Å². The Hall–Kier alpha value is -1.59. The number of amides is 4. The number of rotatable bonds is 4. The van der Waals surface area contributed by atoms with E-state index in [1.807, 2.05) is 6.92 Å². The Morgan fingerprint density at radius 3 is 2.56 bits per heavy atom. The Morgan fingerprint density at radius 1 is 1.33 bits per heavy atom. The summed E-state index contributed by atoms with van der Waals surface area (Å²) in [5.41, 5.74) is 8.58. The van der Waals surface area contributed by atoms with Crippen molar-refractivity contribution in [3.63, 3.8) is 0 Å². The molecule has 0 aromatic carbocycles. The molecule has 6 nitrogen and oxygen atoms in total. The van der Waals surface area contributed by atoms with Crippen LogP contribution < -0.4 is 11.2 Å². The van der Waals surface area contributed by atoms with E-state index in [1.165, 1.54) is 6.42 Å². The lowest BCUT2D eigenvalue weighted by atomic mass is 9.99. The summed E-state index contributed by atoms with van der Waals surface area (Å²) in [6, 6.07) is -1.26. The van der Waals surface area contributed by atoms with Crippen molar-refractivity contribution in [2.45, 2.75) is 51.9 Å². The molecule has 0 atom stereocenters. The van der Waals surface area contributed by atoms with Gasteiger partial charge in [0.05, 0.1) is 0 Å². The molecule has 0 bridgehead atoms. The van der Waals surface area contributed by atoms with Crippen molar-refractivity contribution >= 4 is 17.8 Å². The zero-order chi connectivity index (χ0) is 13.4. The first-order valence-electron chi connectivity index (χ1n) is 6.57. The van der Waals surface area contributed by atoms with Gasteiger partial charge in [-0.3, -0.25) is 0 Å². The van der Waals surface area contributed by atoms with Gasteiger partial charge in [-0.2, -0.15) is 5.10 Å². The fraction of sp³-hybridized carbons (Fsp3) is 0.750. The van der Waals surface area contributed by atoms with Crippen molar-refractivity contribution in [2.75, 3.05) is 6.54 Å². The Kier molecular flexibility index (Phi) is 6.18. The number of hydrogen-bond donors (Lipinski definition) is 2. The fourth-order valence-electron chi connectivity index (χ4n) is 1.89. The molecule has 1 aliphatic carbocycles. The topological polar surface area (TPSA) is 87.8 Å². The molecule has 0 aromatic heterocycles. The molecule has 4 amide bonds. The summed E-state index contributed by atoms with van der Waals surface area (Å²) in [5.74, 6) is 0. The van der Waals surface area contributed by atoms with Gasteiger partial charge in [0.2, 0.25) is 0 Å². The molecule has 0 aromatic rings. The third kappa shape index (κ3) is 4.73. The van der Waals surface area contributed by atoms with Gasteiger partial charge in [-0.25, -0.2) is 19.9 Å². The monoisotopic (exact) mass is 254 g/mol. The van der Waals surface area contributed by atoms with Gasteiger partial charge in [-0.1, -0.05) is 19.8 Å². The predicted octanol–water partition coefficient (Wildman–Crippen LogP) is 2.20. The van der Waals surface area contributed by atoms with Crippen LogP contribution in [0, 0.1) is 0 Å². The second kappa shape index (κ2) is 7.68. The summed E-state index contributed by atoms with van der Waals surface area (Å²) in [6.45, 7) is 2.32. The minimum absolute atomic E-state index is 0.336. The number of carbonyl (C=O) groups excluding carboxylic acids is 2. The minimum atomic E-state index is -0.732. The number of nitrogens with one attached hydrogen (secondary N) is 1. The predicted molar refractivity (Wildman–Crippen MR) is 70.2 cm³/mol. The van der Waals surface area contributed by atoms with E-state index in [9.17, 15) is 9.59 Å². The van der Waals surface area contributed by atoms with Gasteiger partial charge in [0, 0.05) is 12.3 Å². The van der Waals surface area contributed by atoms with Gasteiger partial charge < -0.3 is 5.73 Å². The second-order valence-electron chi connectivity index (χ2n) is 4.50. The number of hydrogen-bond acceptors (Lipinski definition) is 3. The molecule has 1 rings (SSSR count). The fourth-order valence-corrected chi connectivity index (χ4v) is 1.89. The molecule has 0 aliphatic heterocycles. The van der Waals surface area contributed by atoms with Gasteiger partial charge in [0.25, 0.3) is 0 Å². The van der Waals surface area contributed by atoms with Gasteiger partial charge in [-0.05, 0) is 32.1 Å². The third-order valence-electron chi connectivity index (χ3n) is 2.99. The number of imide groups is 1. The van der Waals surface area contributed by atoms with Crippen LogP contribution >= 0.6 is 0 Å². The van der Waals surface area contributed by atoms with Crippen LogP contribution in [0.1, 0.15) is 51.9 Å². The lowest BCUT2D eigenvalue weighted by molar-refractivity contribution is 0.191. The van der Waals surface area contributed by atoms with Crippen molar-refractivity contribution in [1.29, 1.82) is 0 Å². The van der Waals surface area contributed by atoms with Gasteiger partial charge in [0.15, 0.2) is 0 Å². The first kappa shape index (κ1) is 14.5. The molecular formula is C12H22N4O2. The molecule has 102 valence electrons. The molecule has 1 fully saturated rings. The zero-order valence-corrected chi connectivity index (χ0v) is 10.9. The van der Waals surface area contributed by atoms with Crippen molar-refractivity contribution < 1.29 is 9.59 Å². The van der Waals surface area contributed by atoms with E-state index in [2.05, 4.69) is 10.5 Å². The quantitative estimate of drug-likeness (QED) is 0.753. The lowest BCUT2D eigenvalue weighted by Crippen LogP contribution is -2.45. The highest BCUT2D eigenvalue weighted by atomic mass is 16.2. The van der Waals surface area contributed by atoms with Crippen molar-refractivity contribution in [2.24, 2.45) is 10.8 Å². The molecule has 0 saturated heterocycles. The van der Waals surface area contributed by atoms with Crippen LogP contribution in [0.2, 0.25) is 0 Å². The minimum Gasteiger partial charge on any atom is -0.351 e. The summed E-state index contributed by atoms with van der Waals surface area (Å²) in [7, 11) is 0. The van der Waals surface area contributed by atoms with E-state index in [0.717, 1.165) is 49.1 Å². The Morgan fingerprint density at radius 2 is 2.00 bits per heavy atom. The van der Waals surface area contributed by atoms with E-state index in [0.29, 0.717) is 6.54 Å². The van der Waals surface area contributed by atoms with E-state index < -0.39 is 12.1 Å². The SMILES string of the molecule is CCCCN(C(N)=O)C(=O)NN=C1CCCCC1. The zero-order valence-electron chi connectivity index (χ0n) is 10.9. The van der Waals surface area contributed by atoms with Crippen molar-refractivity contribution in [1.82, 2.24) is 10.3 Å². The van der Waals surface area contributed by atoms with Gasteiger partial charge in [0.1, 0.15) is 0 Å². The maximum absolute atomic E-state index is 11.7. The van der Waals surface area contributed by atoms with Gasteiger partial charge >= 0.3 is 12.1 Å². The lowest BCUT2D eigenvalue weighted by Gasteiger charge is -2.18. The highest BCUT2D eigenvalue weighted by molar-refractivity contribution is 5.93.